The molecule has 0 atom stereocenters. The van der Waals surface area contributed by atoms with Gasteiger partial charge in [-0.25, -0.2) is 4.90 Å². The van der Waals surface area contributed by atoms with Crippen molar-refractivity contribution in [3.63, 3.8) is 0 Å². The zero-order valence-electron chi connectivity index (χ0n) is 13.5. The fourth-order valence-corrected chi connectivity index (χ4v) is 4.32. The summed E-state index contributed by atoms with van der Waals surface area (Å²) in [5.41, 5.74) is 2.28. The maximum atomic E-state index is 12.7. The highest BCUT2D eigenvalue weighted by Crippen LogP contribution is 2.31. The van der Waals surface area contributed by atoms with Crippen LogP contribution in [-0.2, 0) is 4.79 Å². The van der Waals surface area contributed by atoms with Crippen LogP contribution in [0.2, 0.25) is 0 Å². The highest BCUT2D eigenvalue weighted by molar-refractivity contribution is 8.26. The first-order chi connectivity index (χ1) is 11.1. The zero-order valence-corrected chi connectivity index (χ0v) is 15.1. The van der Waals surface area contributed by atoms with E-state index in [1.165, 1.54) is 47.9 Å². The largest absolute Gasteiger partial charge is 0.317 e. The molecule has 2 saturated heterocycles. The van der Waals surface area contributed by atoms with Crippen molar-refractivity contribution in [2.24, 2.45) is 0 Å². The molecule has 0 spiro atoms. The standard InChI is InChI=1S/C18H22N2OS2/c1-14-6-8-15(9-7-14)12-16-17(21)20(18(22)23-16)13-19-10-4-2-3-5-11-19/h6-9,12H,2-5,10-11,13H2,1H3/p+1/b16-12-. The number of thiocarbonyl (C=S) groups is 1. The van der Waals surface area contributed by atoms with E-state index in [4.69, 9.17) is 12.2 Å². The highest BCUT2D eigenvalue weighted by Gasteiger charge is 2.34. The van der Waals surface area contributed by atoms with Gasteiger partial charge in [0, 0.05) is 0 Å². The predicted octanol–water partition coefficient (Wildman–Crippen LogP) is 2.61. The van der Waals surface area contributed by atoms with E-state index in [0.29, 0.717) is 4.32 Å². The Balaban J connectivity index is 1.70. The molecular weight excluding hydrogens is 324 g/mol. The van der Waals surface area contributed by atoms with Crippen LogP contribution in [0.1, 0.15) is 36.8 Å². The van der Waals surface area contributed by atoms with Gasteiger partial charge < -0.3 is 4.90 Å². The number of carbonyl (C=O) groups excluding carboxylic acids is 1. The molecule has 23 heavy (non-hydrogen) atoms. The van der Waals surface area contributed by atoms with Gasteiger partial charge in [0.1, 0.15) is 0 Å². The van der Waals surface area contributed by atoms with Gasteiger partial charge in [0.05, 0.1) is 18.0 Å². The number of carbonyl (C=O) groups is 1. The van der Waals surface area contributed by atoms with E-state index in [-0.39, 0.29) is 5.91 Å². The van der Waals surface area contributed by atoms with Crippen molar-refractivity contribution < 1.29 is 9.69 Å². The number of aryl methyl sites for hydroxylation is 1. The van der Waals surface area contributed by atoms with Gasteiger partial charge in [-0.3, -0.25) is 4.79 Å². The quantitative estimate of drug-likeness (QED) is 0.672. The predicted molar refractivity (Wildman–Crippen MR) is 100 cm³/mol. The van der Waals surface area contributed by atoms with E-state index in [9.17, 15) is 4.79 Å². The third-order valence-electron chi connectivity index (χ3n) is 4.44. The Morgan fingerprint density at radius 3 is 2.48 bits per heavy atom. The fourth-order valence-electron chi connectivity index (χ4n) is 3.06. The molecule has 5 heteroatoms. The van der Waals surface area contributed by atoms with Crippen LogP contribution in [0.25, 0.3) is 6.08 Å². The highest BCUT2D eigenvalue weighted by atomic mass is 32.2. The van der Waals surface area contributed by atoms with Gasteiger partial charge in [0.15, 0.2) is 11.0 Å². The molecule has 0 radical (unpaired) electrons. The Morgan fingerprint density at radius 2 is 1.83 bits per heavy atom. The molecule has 1 amide bonds. The van der Waals surface area contributed by atoms with Crippen LogP contribution in [0.5, 0.6) is 0 Å². The molecule has 122 valence electrons. The van der Waals surface area contributed by atoms with E-state index in [0.717, 1.165) is 30.2 Å². The molecule has 0 bridgehead atoms. The molecule has 0 aromatic heterocycles. The summed E-state index contributed by atoms with van der Waals surface area (Å²) in [6.45, 7) is 5.07. The molecule has 0 aliphatic carbocycles. The van der Waals surface area contributed by atoms with Gasteiger partial charge in [0.2, 0.25) is 0 Å². The molecule has 2 aliphatic heterocycles. The van der Waals surface area contributed by atoms with E-state index in [1.54, 1.807) is 4.90 Å². The first-order valence-corrected chi connectivity index (χ1v) is 9.51. The second kappa shape index (κ2) is 7.60. The van der Waals surface area contributed by atoms with E-state index < -0.39 is 0 Å². The van der Waals surface area contributed by atoms with Crippen LogP contribution < -0.4 is 4.90 Å². The molecule has 1 N–H and O–H groups in total. The lowest BCUT2D eigenvalue weighted by molar-refractivity contribution is -0.906. The molecule has 0 unspecified atom stereocenters. The van der Waals surface area contributed by atoms with Crippen LogP contribution in [0.3, 0.4) is 0 Å². The van der Waals surface area contributed by atoms with Crippen LogP contribution in [-0.4, -0.2) is 34.9 Å². The molecule has 3 nitrogen and oxygen atoms in total. The maximum Gasteiger partial charge on any atom is 0.270 e. The van der Waals surface area contributed by atoms with Crippen molar-refractivity contribution in [3.05, 3.63) is 40.3 Å². The summed E-state index contributed by atoms with van der Waals surface area (Å²) in [6.07, 6.45) is 7.09. The molecule has 2 fully saturated rings. The summed E-state index contributed by atoms with van der Waals surface area (Å²) in [5.74, 6) is 0.0670. The fraction of sp³-hybridized carbons (Fsp3) is 0.444. The number of thioether (sulfide) groups is 1. The first-order valence-electron chi connectivity index (χ1n) is 8.29. The van der Waals surface area contributed by atoms with Gasteiger partial charge in [-0.2, -0.15) is 0 Å². The lowest BCUT2D eigenvalue weighted by Crippen LogP contribution is -3.13. The Hall–Kier alpha value is -1.17. The summed E-state index contributed by atoms with van der Waals surface area (Å²) in [7, 11) is 0. The SMILES string of the molecule is Cc1ccc(/C=C2\SC(=S)N(C[NH+]3CCCCCC3)C2=O)cc1. The maximum absolute atomic E-state index is 12.7. The van der Waals surface area contributed by atoms with Gasteiger partial charge in [0.25, 0.3) is 5.91 Å². The third-order valence-corrected chi connectivity index (χ3v) is 5.82. The van der Waals surface area contributed by atoms with E-state index in [1.807, 2.05) is 18.2 Å². The van der Waals surface area contributed by atoms with Gasteiger partial charge >= 0.3 is 0 Å². The number of amides is 1. The minimum Gasteiger partial charge on any atom is -0.317 e. The lowest BCUT2D eigenvalue weighted by atomic mass is 10.1. The van der Waals surface area contributed by atoms with Crippen molar-refractivity contribution in [1.82, 2.24) is 4.90 Å². The number of quaternary nitrogens is 1. The van der Waals surface area contributed by atoms with Gasteiger partial charge in [-0.15, -0.1) is 0 Å². The summed E-state index contributed by atoms with van der Waals surface area (Å²) in [5, 5.41) is 0. The second-order valence-corrected chi connectivity index (χ2v) is 8.02. The minimum atomic E-state index is 0.0670. The van der Waals surface area contributed by atoms with Gasteiger partial charge in [-0.05, 0) is 44.2 Å². The lowest BCUT2D eigenvalue weighted by Gasteiger charge is -2.22. The normalized spacial score (nSPS) is 22.0. The molecule has 0 saturated carbocycles. The van der Waals surface area contributed by atoms with Crippen molar-refractivity contribution in [2.75, 3.05) is 19.8 Å². The van der Waals surface area contributed by atoms with Crippen molar-refractivity contribution in [2.45, 2.75) is 32.6 Å². The Kier molecular flexibility index (Phi) is 5.51. The van der Waals surface area contributed by atoms with Crippen LogP contribution in [0.15, 0.2) is 29.2 Å². The summed E-state index contributed by atoms with van der Waals surface area (Å²) in [4.78, 5) is 16.7. The average molecular weight is 348 g/mol. The molecule has 2 heterocycles. The topological polar surface area (TPSA) is 24.8 Å². The smallest absolute Gasteiger partial charge is 0.270 e. The van der Waals surface area contributed by atoms with Crippen molar-refractivity contribution in [1.29, 1.82) is 0 Å². The third kappa shape index (κ3) is 4.22. The number of hydrogen-bond donors (Lipinski definition) is 1. The van der Waals surface area contributed by atoms with Crippen LogP contribution >= 0.6 is 24.0 Å². The molecule has 1 aromatic rings. The van der Waals surface area contributed by atoms with E-state index in [2.05, 4.69) is 19.1 Å². The first kappa shape index (κ1) is 16.7. The molecular formula is C18H23N2OS2+. The van der Waals surface area contributed by atoms with Crippen LogP contribution in [0.4, 0.5) is 0 Å². The second-order valence-electron chi connectivity index (χ2n) is 6.34. The van der Waals surface area contributed by atoms with Crippen LogP contribution in [0, 0.1) is 6.92 Å². The van der Waals surface area contributed by atoms with Crippen molar-refractivity contribution >= 4 is 40.3 Å². The summed E-state index contributed by atoms with van der Waals surface area (Å²) in [6, 6.07) is 8.21. The number of benzene rings is 1. The minimum absolute atomic E-state index is 0.0670. The summed E-state index contributed by atoms with van der Waals surface area (Å²) < 4.78 is 0.699. The number of hydrogen-bond acceptors (Lipinski definition) is 3. The molecule has 3 rings (SSSR count). The van der Waals surface area contributed by atoms with E-state index >= 15 is 0 Å². The number of nitrogens with one attached hydrogen (secondary N) is 1. The Morgan fingerprint density at radius 1 is 1.17 bits per heavy atom. The van der Waals surface area contributed by atoms with Crippen molar-refractivity contribution in [3.8, 4) is 0 Å². The molecule has 2 aliphatic rings. The summed E-state index contributed by atoms with van der Waals surface area (Å²) >= 11 is 6.88. The number of rotatable bonds is 3. The number of likely N-dealkylation sites (tertiary alicyclic amines) is 1. The average Bonchev–Trinajstić information content (AvgIpc) is 2.75. The monoisotopic (exact) mass is 347 g/mol. The van der Waals surface area contributed by atoms with Gasteiger partial charge in [-0.1, -0.05) is 53.8 Å². The Bertz CT molecular complexity index is 616. The zero-order chi connectivity index (χ0) is 16.2. The number of nitrogens with zero attached hydrogens (tertiary/aromatic N) is 1. The Labute approximate surface area is 147 Å². The molecule has 1 aromatic carbocycles.